The summed E-state index contributed by atoms with van der Waals surface area (Å²) in [4.78, 5) is 29.2. The first-order valence-corrected chi connectivity index (χ1v) is 15.6. The molecule has 224 valence electrons. The van der Waals surface area contributed by atoms with Crippen LogP contribution in [-0.2, 0) is 32.6 Å². The number of hydrogen-bond donors (Lipinski definition) is 1. The molecule has 0 aliphatic carbocycles. The van der Waals surface area contributed by atoms with Gasteiger partial charge in [-0.3, -0.25) is 13.9 Å². The lowest BCUT2D eigenvalue weighted by Crippen LogP contribution is -2.53. The second kappa shape index (κ2) is 14.7. The molecule has 0 saturated carbocycles. The average molecular weight is 620 g/mol. The fourth-order valence-electron chi connectivity index (χ4n) is 4.64. The van der Waals surface area contributed by atoms with Crippen LogP contribution in [-0.4, -0.2) is 51.4 Å². The number of likely N-dealkylation sites (N-methyl/N-ethyl adjacent to an activating group) is 1. The SMILES string of the molecule is CCNC(=O)C(Cc1ccccc1)N(Cc1ccccc1)C(=O)CN(c1ccc(Cl)cc1)S(=O)(=O)c1ccc(OC)cc1. The van der Waals surface area contributed by atoms with E-state index in [0.717, 1.165) is 15.4 Å². The number of hydrogen-bond acceptors (Lipinski definition) is 5. The molecule has 4 aromatic carbocycles. The summed E-state index contributed by atoms with van der Waals surface area (Å²) in [6.45, 7) is 1.74. The molecule has 0 aromatic heterocycles. The Morgan fingerprint density at radius 3 is 1.98 bits per heavy atom. The van der Waals surface area contributed by atoms with Gasteiger partial charge < -0.3 is 15.0 Å². The molecule has 0 bridgehead atoms. The Labute approximate surface area is 257 Å². The van der Waals surface area contributed by atoms with Crippen molar-refractivity contribution in [2.24, 2.45) is 0 Å². The lowest BCUT2D eigenvalue weighted by molar-refractivity contribution is -0.140. The minimum atomic E-state index is -4.22. The molecule has 0 saturated heterocycles. The molecule has 0 radical (unpaired) electrons. The fourth-order valence-corrected chi connectivity index (χ4v) is 6.18. The first-order chi connectivity index (χ1) is 20.7. The Morgan fingerprint density at radius 1 is 0.837 bits per heavy atom. The molecular formula is C33H34ClN3O5S. The number of nitrogens with one attached hydrogen (secondary N) is 1. The maximum Gasteiger partial charge on any atom is 0.264 e. The molecule has 1 N–H and O–H groups in total. The van der Waals surface area contributed by atoms with Crippen LogP contribution in [0.15, 0.2) is 114 Å². The minimum absolute atomic E-state index is 0.0183. The topological polar surface area (TPSA) is 96.0 Å². The van der Waals surface area contributed by atoms with E-state index in [9.17, 15) is 18.0 Å². The van der Waals surface area contributed by atoms with Gasteiger partial charge in [0, 0.05) is 24.5 Å². The van der Waals surface area contributed by atoms with E-state index in [4.69, 9.17) is 16.3 Å². The van der Waals surface area contributed by atoms with Crippen molar-refractivity contribution in [3.8, 4) is 5.75 Å². The van der Waals surface area contributed by atoms with Gasteiger partial charge in [0.05, 0.1) is 17.7 Å². The van der Waals surface area contributed by atoms with Crippen LogP contribution in [0.2, 0.25) is 5.02 Å². The van der Waals surface area contributed by atoms with Crippen molar-refractivity contribution in [1.82, 2.24) is 10.2 Å². The van der Waals surface area contributed by atoms with E-state index in [0.29, 0.717) is 17.3 Å². The van der Waals surface area contributed by atoms with Crippen LogP contribution in [0.3, 0.4) is 0 Å². The first kappa shape index (κ1) is 31.6. The van der Waals surface area contributed by atoms with Gasteiger partial charge in [0.2, 0.25) is 11.8 Å². The lowest BCUT2D eigenvalue weighted by Gasteiger charge is -2.33. The predicted molar refractivity (Wildman–Crippen MR) is 169 cm³/mol. The largest absolute Gasteiger partial charge is 0.497 e. The Bertz CT molecular complexity index is 1600. The molecule has 0 spiro atoms. The number of amides is 2. The third-order valence-electron chi connectivity index (χ3n) is 6.86. The Kier molecular flexibility index (Phi) is 10.8. The molecule has 1 atom stereocenters. The predicted octanol–water partition coefficient (Wildman–Crippen LogP) is 5.32. The Balaban J connectivity index is 1.77. The number of carbonyl (C=O) groups is 2. The summed E-state index contributed by atoms with van der Waals surface area (Å²) in [6, 6.07) is 30.0. The summed E-state index contributed by atoms with van der Waals surface area (Å²) < 4.78 is 34.3. The van der Waals surface area contributed by atoms with E-state index in [2.05, 4.69) is 5.32 Å². The van der Waals surface area contributed by atoms with Crippen molar-refractivity contribution in [1.29, 1.82) is 0 Å². The number of anilines is 1. The minimum Gasteiger partial charge on any atom is -0.497 e. The van der Waals surface area contributed by atoms with Gasteiger partial charge >= 0.3 is 0 Å². The number of ether oxygens (including phenoxy) is 1. The van der Waals surface area contributed by atoms with Gasteiger partial charge in [0.15, 0.2) is 0 Å². The Morgan fingerprint density at radius 2 is 1.42 bits per heavy atom. The Hall–Kier alpha value is -4.34. The van der Waals surface area contributed by atoms with Crippen molar-refractivity contribution in [2.45, 2.75) is 30.8 Å². The first-order valence-electron chi connectivity index (χ1n) is 13.8. The monoisotopic (exact) mass is 619 g/mol. The zero-order chi connectivity index (χ0) is 30.8. The third kappa shape index (κ3) is 8.15. The quantitative estimate of drug-likeness (QED) is 0.219. The zero-order valence-corrected chi connectivity index (χ0v) is 25.6. The number of benzene rings is 4. The maximum absolute atomic E-state index is 14.3. The van der Waals surface area contributed by atoms with E-state index in [1.807, 2.05) is 67.6 Å². The summed E-state index contributed by atoms with van der Waals surface area (Å²) in [6.07, 6.45) is 0.247. The van der Waals surface area contributed by atoms with Crippen molar-refractivity contribution < 1.29 is 22.7 Å². The molecule has 0 heterocycles. The highest BCUT2D eigenvalue weighted by Gasteiger charge is 2.34. The smallest absolute Gasteiger partial charge is 0.264 e. The number of rotatable bonds is 13. The van der Waals surface area contributed by atoms with E-state index in [-0.39, 0.29) is 29.5 Å². The normalized spacial score (nSPS) is 11.8. The molecule has 0 fully saturated rings. The van der Waals surface area contributed by atoms with Crippen LogP contribution in [0.1, 0.15) is 18.1 Å². The number of carbonyl (C=O) groups excluding carboxylic acids is 2. The molecule has 4 rings (SSSR count). The van der Waals surface area contributed by atoms with Gasteiger partial charge in [-0.1, -0.05) is 72.3 Å². The lowest BCUT2D eigenvalue weighted by atomic mass is 10.0. The van der Waals surface area contributed by atoms with Crippen LogP contribution in [0.25, 0.3) is 0 Å². The molecular weight excluding hydrogens is 586 g/mol. The van der Waals surface area contributed by atoms with E-state index < -0.39 is 28.5 Å². The second-order valence-corrected chi connectivity index (χ2v) is 12.1. The standard InChI is InChI=1S/C33H34ClN3O5S/c1-3-35-33(39)31(22-25-10-6-4-7-11-25)36(23-26-12-8-5-9-13-26)32(38)24-37(28-16-14-27(34)15-17-28)43(40,41)30-20-18-29(42-2)19-21-30/h4-21,31H,3,22-24H2,1-2H3,(H,35,39). The maximum atomic E-state index is 14.3. The van der Waals surface area contributed by atoms with Crippen molar-refractivity contribution >= 4 is 39.1 Å². The summed E-state index contributed by atoms with van der Waals surface area (Å²) in [5, 5.41) is 3.27. The zero-order valence-electron chi connectivity index (χ0n) is 24.0. The molecule has 10 heteroatoms. The van der Waals surface area contributed by atoms with Crippen LogP contribution < -0.4 is 14.4 Å². The van der Waals surface area contributed by atoms with Crippen LogP contribution >= 0.6 is 11.6 Å². The van der Waals surface area contributed by atoms with Gasteiger partial charge in [0.25, 0.3) is 10.0 Å². The van der Waals surface area contributed by atoms with Crippen LogP contribution in [0, 0.1) is 0 Å². The third-order valence-corrected chi connectivity index (χ3v) is 8.90. The highest BCUT2D eigenvalue weighted by atomic mass is 35.5. The van der Waals surface area contributed by atoms with E-state index in [1.165, 1.54) is 24.1 Å². The van der Waals surface area contributed by atoms with E-state index in [1.54, 1.807) is 36.4 Å². The second-order valence-electron chi connectivity index (χ2n) is 9.77. The fraction of sp³-hybridized carbons (Fsp3) is 0.212. The highest BCUT2D eigenvalue weighted by molar-refractivity contribution is 7.92. The van der Waals surface area contributed by atoms with Gasteiger partial charge in [0.1, 0.15) is 18.3 Å². The molecule has 1 unspecified atom stereocenters. The molecule has 0 aliphatic rings. The van der Waals surface area contributed by atoms with Crippen LogP contribution in [0.5, 0.6) is 5.75 Å². The van der Waals surface area contributed by atoms with Crippen molar-refractivity contribution in [3.05, 3.63) is 125 Å². The van der Waals surface area contributed by atoms with Crippen molar-refractivity contribution in [3.63, 3.8) is 0 Å². The van der Waals surface area contributed by atoms with Crippen LogP contribution in [0.4, 0.5) is 5.69 Å². The van der Waals surface area contributed by atoms with Gasteiger partial charge in [-0.05, 0) is 66.6 Å². The summed E-state index contributed by atoms with van der Waals surface area (Å²) in [5.74, 6) is -0.373. The van der Waals surface area contributed by atoms with E-state index >= 15 is 0 Å². The van der Waals surface area contributed by atoms with Gasteiger partial charge in [-0.25, -0.2) is 8.42 Å². The van der Waals surface area contributed by atoms with Crippen molar-refractivity contribution in [2.75, 3.05) is 24.5 Å². The number of methoxy groups -OCH3 is 1. The molecule has 8 nitrogen and oxygen atoms in total. The molecule has 0 aliphatic heterocycles. The number of nitrogens with zero attached hydrogens (tertiary/aromatic N) is 2. The summed E-state index contributed by atoms with van der Waals surface area (Å²) >= 11 is 6.11. The molecule has 2 amide bonds. The van der Waals surface area contributed by atoms with Gasteiger partial charge in [-0.2, -0.15) is 0 Å². The molecule has 43 heavy (non-hydrogen) atoms. The number of sulfonamides is 1. The number of halogens is 1. The molecule has 4 aromatic rings. The average Bonchev–Trinajstić information content (AvgIpc) is 3.03. The summed E-state index contributed by atoms with van der Waals surface area (Å²) in [5.41, 5.74) is 1.92. The van der Waals surface area contributed by atoms with Gasteiger partial charge in [-0.15, -0.1) is 0 Å². The highest BCUT2D eigenvalue weighted by Crippen LogP contribution is 2.27. The summed E-state index contributed by atoms with van der Waals surface area (Å²) in [7, 11) is -2.73.